The lowest BCUT2D eigenvalue weighted by atomic mass is 9.88. The summed E-state index contributed by atoms with van der Waals surface area (Å²) >= 11 is 0. The van der Waals surface area contributed by atoms with E-state index in [0.717, 1.165) is 24.3 Å². The molecule has 0 amide bonds. The molecule has 0 radical (unpaired) electrons. The Balaban J connectivity index is 1.83. The summed E-state index contributed by atoms with van der Waals surface area (Å²) in [6.45, 7) is -1.58. The third-order valence-corrected chi connectivity index (χ3v) is 5.57. The molecule has 14 heteroatoms. The topological polar surface area (TPSA) is 233 Å². The number of non-ortho nitro benzene ring substituents is 1. The van der Waals surface area contributed by atoms with Gasteiger partial charge < -0.3 is 55.1 Å². The van der Waals surface area contributed by atoms with Gasteiger partial charge in [-0.3, -0.25) is 10.1 Å². The van der Waals surface area contributed by atoms with Crippen molar-refractivity contribution in [3.8, 4) is 0 Å². The Morgan fingerprint density at radius 2 is 1.53 bits per heavy atom. The minimum absolute atomic E-state index is 0.153. The second-order valence-electron chi connectivity index (χ2n) is 7.57. The number of nitrogens with zero attached hydrogens (tertiary/aromatic N) is 1. The molecule has 0 bridgehead atoms. The summed E-state index contributed by atoms with van der Waals surface area (Å²) in [6.07, 6.45) is -15.4. The summed E-state index contributed by atoms with van der Waals surface area (Å²) in [5, 5.41) is 91.7. The lowest BCUT2D eigenvalue weighted by Gasteiger charge is -2.49. The Bertz CT molecular complexity index is 790. The Hall–Kier alpha value is -1.82. The van der Waals surface area contributed by atoms with E-state index >= 15 is 0 Å². The first-order chi connectivity index (χ1) is 15.0. The predicted molar refractivity (Wildman–Crippen MR) is 99.6 cm³/mol. The number of rotatable bonds is 6. The van der Waals surface area contributed by atoms with Gasteiger partial charge in [0.05, 0.1) is 18.1 Å². The Morgan fingerprint density at radius 1 is 0.938 bits per heavy atom. The lowest BCUT2D eigenvalue weighted by Crippen LogP contribution is -2.67. The summed E-state index contributed by atoms with van der Waals surface area (Å²) < 4.78 is 16.0. The molecule has 8 N–H and O–H groups in total. The standard InChI is InChI=1S/C18H25NO13/c20-5-9-11(22)12(23)13(24)17(30-9)31-15-10(6-21)32-18(27,16(26)14(15)25)7-1-3-8(4-2-7)19(28)29/h1-4,9-17,20-27H,5-6H2/t9-,10-,11+,12+,13-,14+,15-,16-,17+,18-/m1/s1. The zero-order valence-electron chi connectivity index (χ0n) is 16.5. The second kappa shape index (κ2) is 9.58. The molecule has 0 unspecified atom stereocenters. The maximum atomic E-state index is 10.9. The monoisotopic (exact) mass is 463 g/mol. The SMILES string of the molecule is O=[N+]([O-])c1ccc([C@@]2(O)O[C@H](CO)[C@@H](O[C@@H]3O[C@H](CO)[C@H](O)[C@H](O)[C@H]3O)[C@H](O)[C@H]2O)cc1. The number of hydrogen-bond acceptors (Lipinski definition) is 13. The smallest absolute Gasteiger partial charge is 0.269 e. The van der Waals surface area contributed by atoms with Crippen LogP contribution in [-0.4, -0.2) is 114 Å². The summed E-state index contributed by atoms with van der Waals surface area (Å²) in [5.41, 5.74) is -0.454. The molecule has 1 aromatic rings. The first-order valence-corrected chi connectivity index (χ1v) is 9.63. The second-order valence-corrected chi connectivity index (χ2v) is 7.57. The van der Waals surface area contributed by atoms with Gasteiger partial charge in [-0.05, 0) is 12.1 Å². The van der Waals surface area contributed by atoms with Gasteiger partial charge in [-0.25, -0.2) is 0 Å². The quantitative estimate of drug-likeness (QED) is 0.149. The van der Waals surface area contributed by atoms with E-state index in [4.69, 9.17) is 14.2 Å². The maximum absolute atomic E-state index is 10.9. The van der Waals surface area contributed by atoms with E-state index in [0.29, 0.717) is 0 Å². The highest BCUT2D eigenvalue weighted by atomic mass is 16.7. The number of aliphatic hydroxyl groups excluding tert-OH is 7. The molecule has 0 saturated carbocycles. The van der Waals surface area contributed by atoms with Gasteiger partial charge in [-0.1, -0.05) is 0 Å². The van der Waals surface area contributed by atoms with E-state index in [9.17, 15) is 51.0 Å². The molecule has 2 aliphatic heterocycles. The first kappa shape index (κ1) is 24.8. The van der Waals surface area contributed by atoms with Crippen molar-refractivity contribution in [2.24, 2.45) is 0 Å². The highest BCUT2D eigenvalue weighted by Crippen LogP contribution is 2.39. The first-order valence-electron chi connectivity index (χ1n) is 9.63. The molecule has 180 valence electrons. The molecular weight excluding hydrogens is 438 g/mol. The molecule has 2 fully saturated rings. The molecule has 14 nitrogen and oxygen atoms in total. The van der Waals surface area contributed by atoms with Crippen molar-refractivity contribution in [1.29, 1.82) is 0 Å². The molecule has 10 atom stereocenters. The molecule has 2 aliphatic rings. The van der Waals surface area contributed by atoms with Gasteiger partial charge in [0.25, 0.3) is 5.69 Å². The van der Waals surface area contributed by atoms with E-state index in [1.165, 1.54) is 0 Å². The summed E-state index contributed by atoms with van der Waals surface area (Å²) in [6, 6.07) is 4.28. The van der Waals surface area contributed by atoms with Crippen LogP contribution in [0.15, 0.2) is 24.3 Å². The van der Waals surface area contributed by atoms with Gasteiger partial charge in [-0.15, -0.1) is 0 Å². The van der Waals surface area contributed by atoms with Crippen LogP contribution in [0.2, 0.25) is 0 Å². The van der Waals surface area contributed by atoms with Crippen LogP contribution >= 0.6 is 0 Å². The van der Waals surface area contributed by atoms with Crippen LogP contribution in [0.25, 0.3) is 0 Å². The molecule has 32 heavy (non-hydrogen) atoms. The van der Waals surface area contributed by atoms with E-state index in [-0.39, 0.29) is 11.3 Å². The van der Waals surface area contributed by atoms with Gasteiger partial charge in [0.15, 0.2) is 6.29 Å². The number of nitro benzene ring substituents is 1. The Labute approximate surface area is 180 Å². The fraction of sp³-hybridized carbons (Fsp3) is 0.667. The number of benzene rings is 1. The molecular formula is C18H25NO13. The van der Waals surface area contributed by atoms with Crippen LogP contribution in [0, 0.1) is 10.1 Å². The average Bonchev–Trinajstić information content (AvgIpc) is 2.79. The molecule has 1 aromatic carbocycles. The number of hydrogen-bond donors (Lipinski definition) is 8. The number of ether oxygens (including phenoxy) is 3. The van der Waals surface area contributed by atoms with Crippen LogP contribution in [-0.2, 0) is 20.0 Å². The van der Waals surface area contributed by atoms with E-state index < -0.39 is 79.0 Å². The summed E-state index contributed by atoms with van der Waals surface area (Å²) in [7, 11) is 0. The van der Waals surface area contributed by atoms with Crippen molar-refractivity contribution < 1.29 is 60.0 Å². The molecule has 2 saturated heterocycles. The average molecular weight is 463 g/mol. The molecule has 0 aromatic heterocycles. The third kappa shape index (κ3) is 4.35. The fourth-order valence-electron chi connectivity index (χ4n) is 3.70. The van der Waals surface area contributed by atoms with Crippen LogP contribution in [0.3, 0.4) is 0 Å². The molecule has 3 rings (SSSR count). The van der Waals surface area contributed by atoms with Crippen LogP contribution in [0.1, 0.15) is 5.56 Å². The summed E-state index contributed by atoms with van der Waals surface area (Å²) in [5.74, 6) is -2.59. The highest BCUT2D eigenvalue weighted by molar-refractivity contribution is 5.35. The fourth-order valence-corrected chi connectivity index (χ4v) is 3.70. The largest absolute Gasteiger partial charge is 0.394 e. The summed E-state index contributed by atoms with van der Waals surface area (Å²) in [4.78, 5) is 10.1. The van der Waals surface area contributed by atoms with Crippen LogP contribution < -0.4 is 0 Å². The van der Waals surface area contributed by atoms with Gasteiger partial charge in [-0.2, -0.15) is 0 Å². The minimum atomic E-state index is -2.59. The number of aliphatic hydroxyl groups is 8. The maximum Gasteiger partial charge on any atom is 0.269 e. The van der Waals surface area contributed by atoms with Crippen molar-refractivity contribution >= 4 is 5.69 Å². The van der Waals surface area contributed by atoms with Gasteiger partial charge in [0, 0.05) is 17.7 Å². The van der Waals surface area contributed by atoms with Gasteiger partial charge in [0.2, 0.25) is 5.79 Å². The van der Waals surface area contributed by atoms with E-state index in [2.05, 4.69) is 0 Å². The van der Waals surface area contributed by atoms with Crippen molar-refractivity contribution in [3.63, 3.8) is 0 Å². The van der Waals surface area contributed by atoms with E-state index in [1.807, 2.05) is 0 Å². The van der Waals surface area contributed by atoms with E-state index in [1.54, 1.807) is 0 Å². The Kier molecular flexibility index (Phi) is 7.43. The molecule has 2 heterocycles. The van der Waals surface area contributed by atoms with Crippen molar-refractivity contribution in [1.82, 2.24) is 0 Å². The zero-order valence-corrected chi connectivity index (χ0v) is 16.5. The van der Waals surface area contributed by atoms with Crippen molar-refractivity contribution in [2.75, 3.05) is 13.2 Å². The highest BCUT2D eigenvalue weighted by Gasteiger charge is 2.56. The van der Waals surface area contributed by atoms with Gasteiger partial charge in [0.1, 0.15) is 48.8 Å². The molecule has 0 spiro atoms. The lowest BCUT2D eigenvalue weighted by molar-refractivity contribution is -0.389. The van der Waals surface area contributed by atoms with Crippen molar-refractivity contribution in [3.05, 3.63) is 39.9 Å². The Morgan fingerprint density at radius 3 is 2.06 bits per heavy atom. The molecule has 0 aliphatic carbocycles. The van der Waals surface area contributed by atoms with Gasteiger partial charge >= 0.3 is 0 Å². The number of nitro groups is 1. The predicted octanol–water partition coefficient (Wildman–Crippen LogP) is -3.96. The third-order valence-electron chi connectivity index (χ3n) is 5.57. The minimum Gasteiger partial charge on any atom is -0.394 e. The van der Waals surface area contributed by atoms with Crippen LogP contribution in [0.4, 0.5) is 5.69 Å². The van der Waals surface area contributed by atoms with Crippen molar-refractivity contribution in [2.45, 2.75) is 60.9 Å². The zero-order chi connectivity index (χ0) is 23.8. The van der Waals surface area contributed by atoms with Crippen LogP contribution in [0.5, 0.6) is 0 Å². The normalized spacial score (nSPS) is 42.6.